The lowest BCUT2D eigenvalue weighted by atomic mass is 10.1. The van der Waals surface area contributed by atoms with Gasteiger partial charge in [0.2, 0.25) is 0 Å². The Kier molecular flexibility index (Phi) is 5.45. The number of carbonyl (C=O) groups is 2. The molecule has 2 aromatic carbocycles. The number of benzene rings is 2. The van der Waals surface area contributed by atoms with Gasteiger partial charge in [-0.1, -0.05) is 49.9 Å². The molecule has 0 radical (unpaired) electrons. The fourth-order valence-corrected chi connectivity index (χ4v) is 5.79. The van der Waals surface area contributed by atoms with Crippen LogP contribution in [0.15, 0.2) is 41.3 Å². The highest BCUT2D eigenvalue weighted by molar-refractivity contribution is 7.93. The van der Waals surface area contributed by atoms with Crippen LogP contribution in [0.5, 0.6) is 0 Å². The molecule has 7 nitrogen and oxygen atoms in total. The van der Waals surface area contributed by atoms with Gasteiger partial charge in [0, 0.05) is 11.4 Å². The molecule has 0 aromatic heterocycles. The molecule has 8 heteroatoms. The zero-order valence-corrected chi connectivity index (χ0v) is 16.9. The fraction of sp³-hybridized carbons (Fsp3) is 0.429. The van der Waals surface area contributed by atoms with E-state index in [0.717, 1.165) is 35.4 Å². The molecule has 0 bridgehead atoms. The number of hydrogen-bond donors (Lipinski definition) is 1. The maximum absolute atomic E-state index is 12.9. The second-order valence-corrected chi connectivity index (χ2v) is 9.39. The molecule has 1 N–H and O–H groups in total. The number of nitrogens with zero attached hydrogens (tertiary/aromatic N) is 1. The molecule has 1 fully saturated rings. The minimum atomic E-state index is -3.83. The van der Waals surface area contributed by atoms with Crippen molar-refractivity contribution < 1.29 is 22.7 Å². The molecule has 4 rings (SSSR count). The summed E-state index contributed by atoms with van der Waals surface area (Å²) in [6.07, 6.45) is 6.41. The van der Waals surface area contributed by atoms with Crippen LogP contribution in [-0.2, 0) is 24.3 Å². The number of esters is 1. The summed E-state index contributed by atoms with van der Waals surface area (Å²) >= 11 is 0. The molecular weight excluding hydrogens is 392 g/mol. The van der Waals surface area contributed by atoms with Crippen LogP contribution in [0, 0.1) is 0 Å². The topological polar surface area (TPSA) is 92.8 Å². The van der Waals surface area contributed by atoms with Crippen LogP contribution in [0.25, 0.3) is 10.8 Å². The molecule has 1 saturated carbocycles. The molecule has 2 aromatic rings. The van der Waals surface area contributed by atoms with E-state index in [1.54, 1.807) is 18.2 Å². The van der Waals surface area contributed by atoms with Crippen molar-refractivity contribution >= 4 is 38.4 Å². The zero-order chi connectivity index (χ0) is 20.4. The summed E-state index contributed by atoms with van der Waals surface area (Å²) in [5.74, 6) is -1.10. The van der Waals surface area contributed by atoms with Crippen LogP contribution in [0.2, 0.25) is 0 Å². The van der Waals surface area contributed by atoms with Crippen molar-refractivity contribution in [3.8, 4) is 0 Å². The van der Waals surface area contributed by atoms with Gasteiger partial charge in [0.15, 0.2) is 6.61 Å². The van der Waals surface area contributed by atoms with E-state index in [1.165, 1.54) is 18.9 Å². The van der Waals surface area contributed by atoms with Gasteiger partial charge in [-0.15, -0.1) is 0 Å². The maximum Gasteiger partial charge on any atom is 0.327 e. The number of anilines is 1. The lowest BCUT2D eigenvalue weighted by Gasteiger charge is -2.18. The van der Waals surface area contributed by atoms with Gasteiger partial charge in [0.25, 0.3) is 15.9 Å². The number of rotatable bonds is 5. The van der Waals surface area contributed by atoms with E-state index in [-0.39, 0.29) is 16.8 Å². The van der Waals surface area contributed by atoms with Crippen molar-refractivity contribution in [3.63, 3.8) is 0 Å². The average Bonchev–Trinajstić information content (AvgIpc) is 2.88. The van der Waals surface area contributed by atoms with E-state index in [1.807, 2.05) is 12.1 Å². The van der Waals surface area contributed by atoms with Crippen LogP contribution < -0.4 is 9.62 Å². The van der Waals surface area contributed by atoms with E-state index in [2.05, 4.69) is 5.32 Å². The van der Waals surface area contributed by atoms with Gasteiger partial charge in [0.1, 0.15) is 6.54 Å². The van der Waals surface area contributed by atoms with Crippen molar-refractivity contribution in [3.05, 3.63) is 36.4 Å². The third kappa shape index (κ3) is 3.94. The van der Waals surface area contributed by atoms with E-state index in [9.17, 15) is 18.0 Å². The normalized spacial score (nSPS) is 18.4. The zero-order valence-electron chi connectivity index (χ0n) is 16.1. The summed E-state index contributed by atoms with van der Waals surface area (Å²) in [4.78, 5) is 24.6. The monoisotopic (exact) mass is 416 g/mol. The smallest absolute Gasteiger partial charge is 0.327 e. The number of hydrogen-bond acceptors (Lipinski definition) is 5. The van der Waals surface area contributed by atoms with E-state index >= 15 is 0 Å². The van der Waals surface area contributed by atoms with Gasteiger partial charge < -0.3 is 10.1 Å². The average molecular weight is 416 g/mol. The summed E-state index contributed by atoms with van der Waals surface area (Å²) in [6.45, 7) is -0.868. The molecule has 0 atom stereocenters. The first-order valence-corrected chi connectivity index (χ1v) is 11.4. The Labute approximate surface area is 170 Å². The van der Waals surface area contributed by atoms with E-state index < -0.39 is 29.1 Å². The quantitative estimate of drug-likeness (QED) is 0.598. The maximum atomic E-state index is 12.9. The number of carbonyl (C=O) groups excluding carboxylic acids is 2. The number of amides is 1. The van der Waals surface area contributed by atoms with Gasteiger partial charge in [-0.25, -0.2) is 8.42 Å². The Balaban J connectivity index is 1.39. The lowest BCUT2D eigenvalue weighted by molar-refractivity contribution is -0.147. The summed E-state index contributed by atoms with van der Waals surface area (Å²) in [5, 5.41) is 4.31. The molecule has 1 aliphatic carbocycles. The second-order valence-electron chi connectivity index (χ2n) is 7.56. The molecule has 1 heterocycles. The highest BCUT2D eigenvalue weighted by atomic mass is 32.2. The number of nitrogens with one attached hydrogen (secondary N) is 1. The first-order valence-electron chi connectivity index (χ1n) is 9.96. The van der Waals surface area contributed by atoms with Gasteiger partial charge in [-0.3, -0.25) is 13.9 Å². The lowest BCUT2D eigenvalue weighted by Crippen LogP contribution is -2.39. The predicted molar refractivity (Wildman–Crippen MR) is 109 cm³/mol. The third-order valence-electron chi connectivity index (χ3n) is 5.54. The van der Waals surface area contributed by atoms with Crippen molar-refractivity contribution in [2.24, 2.45) is 0 Å². The number of ether oxygens (including phenoxy) is 1. The van der Waals surface area contributed by atoms with Crippen LogP contribution in [-0.4, -0.2) is 39.5 Å². The van der Waals surface area contributed by atoms with Crippen molar-refractivity contribution in [2.75, 3.05) is 17.5 Å². The van der Waals surface area contributed by atoms with E-state index in [0.29, 0.717) is 11.1 Å². The van der Waals surface area contributed by atoms with Gasteiger partial charge >= 0.3 is 5.97 Å². The molecule has 0 saturated heterocycles. The summed E-state index contributed by atoms with van der Waals surface area (Å²) in [6, 6.07) is 10.4. The van der Waals surface area contributed by atoms with E-state index in [4.69, 9.17) is 4.74 Å². The molecule has 29 heavy (non-hydrogen) atoms. The first kappa shape index (κ1) is 19.7. The SMILES string of the molecule is O=C(COC(=O)CN1c2cccc3cccc(c23)S1(=O)=O)NC1CCCCCC1. The molecule has 0 spiro atoms. The molecular formula is C21H24N2O5S. The van der Waals surface area contributed by atoms with Crippen molar-refractivity contribution in [1.82, 2.24) is 5.32 Å². The summed E-state index contributed by atoms with van der Waals surface area (Å²) in [7, 11) is -3.83. The Morgan fingerprint density at radius 3 is 2.45 bits per heavy atom. The van der Waals surface area contributed by atoms with Crippen molar-refractivity contribution in [2.45, 2.75) is 49.5 Å². The molecule has 2 aliphatic rings. The van der Waals surface area contributed by atoms with Gasteiger partial charge in [-0.05, 0) is 30.4 Å². The first-order chi connectivity index (χ1) is 14.0. The largest absolute Gasteiger partial charge is 0.454 e. The Morgan fingerprint density at radius 2 is 1.72 bits per heavy atom. The molecule has 1 aliphatic heterocycles. The fourth-order valence-electron chi connectivity index (χ4n) is 4.13. The van der Waals surface area contributed by atoms with Gasteiger partial charge in [-0.2, -0.15) is 0 Å². The second kappa shape index (κ2) is 8.02. The summed E-state index contributed by atoms with van der Waals surface area (Å²) in [5.41, 5.74) is 0.456. The number of sulfonamides is 1. The Morgan fingerprint density at radius 1 is 1.03 bits per heavy atom. The summed E-state index contributed by atoms with van der Waals surface area (Å²) < 4.78 is 31.9. The Bertz CT molecular complexity index is 1040. The predicted octanol–water partition coefficient (Wildman–Crippen LogP) is 2.73. The van der Waals surface area contributed by atoms with Crippen LogP contribution in [0.1, 0.15) is 38.5 Å². The molecule has 154 valence electrons. The van der Waals surface area contributed by atoms with Gasteiger partial charge in [0.05, 0.1) is 10.6 Å². The highest BCUT2D eigenvalue weighted by Crippen LogP contribution is 2.41. The standard InChI is InChI=1S/C21H24N2O5S/c24-19(22-16-9-3-1-2-4-10-16)14-28-20(25)13-23-17-11-5-7-15-8-6-12-18(21(15)17)29(23,26)27/h5-8,11-12,16H,1-4,9-10,13-14H2,(H,22,24). The van der Waals surface area contributed by atoms with Crippen LogP contribution in [0.4, 0.5) is 5.69 Å². The molecule has 0 unspecified atom stereocenters. The van der Waals surface area contributed by atoms with Crippen LogP contribution in [0.3, 0.4) is 0 Å². The molecule has 1 amide bonds. The minimum absolute atomic E-state index is 0.120. The Hall–Kier alpha value is -2.61. The van der Waals surface area contributed by atoms with Crippen LogP contribution >= 0.6 is 0 Å². The minimum Gasteiger partial charge on any atom is -0.454 e. The highest BCUT2D eigenvalue weighted by Gasteiger charge is 2.37. The van der Waals surface area contributed by atoms with Crippen molar-refractivity contribution in [1.29, 1.82) is 0 Å². The third-order valence-corrected chi connectivity index (χ3v) is 7.34.